The van der Waals surface area contributed by atoms with Crippen molar-refractivity contribution in [1.82, 2.24) is 15.1 Å². The van der Waals surface area contributed by atoms with Gasteiger partial charge in [0.2, 0.25) is 0 Å². The monoisotopic (exact) mass is 314 g/mol. The number of aryl methyl sites for hydroxylation is 1. The number of hydrogen-bond acceptors (Lipinski definition) is 6. The van der Waals surface area contributed by atoms with Crippen LogP contribution in [0.25, 0.3) is 11.1 Å². The van der Waals surface area contributed by atoms with Gasteiger partial charge < -0.3 is 14.5 Å². The summed E-state index contributed by atoms with van der Waals surface area (Å²) in [5.74, 6) is 0.359. The molecule has 1 aliphatic rings. The number of nitrogens with zero attached hydrogens (tertiary/aromatic N) is 4. The summed E-state index contributed by atoms with van der Waals surface area (Å²) >= 11 is 0. The molecular formula is C16H15FN4O2. The molecule has 2 aromatic heterocycles. The zero-order chi connectivity index (χ0) is 16.0. The Kier molecular flexibility index (Phi) is 3.23. The molecule has 1 aromatic carbocycles. The zero-order valence-electron chi connectivity index (χ0n) is 12.5. The molecule has 0 unspecified atom stereocenters. The van der Waals surface area contributed by atoms with Crippen LogP contribution < -0.4 is 4.90 Å². The van der Waals surface area contributed by atoms with Crippen LogP contribution in [0.5, 0.6) is 0 Å². The van der Waals surface area contributed by atoms with Gasteiger partial charge in [-0.05, 0) is 31.0 Å². The van der Waals surface area contributed by atoms with Gasteiger partial charge in [0.05, 0.1) is 17.8 Å². The lowest BCUT2D eigenvalue weighted by atomic mass is 10.0. The Morgan fingerprint density at radius 3 is 3.04 bits per heavy atom. The molecule has 0 saturated carbocycles. The van der Waals surface area contributed by atoms with Crippen molar-refractivity contribution in [2.75, 3.05) is 11.4 Å². The van der Waals surface area contributed by atoms with E-state index in [1.807, 2.05) is 17.9 Å². The number of benzene rings is 1. The van der Waals surface area contributed by atoms with E-state index < -0.39 is 6.10 Å². The van der Waals surface area contributed by atoms with E-state index in [1.54, 1.807) is 6.07 Å². The molecule has 0 aliphatic carbocycles. The van der Waals surface area contributed by atoms with Gasteiger partial charge in [-0.25, -0.2) is 9.37 Å². The first kappa shape index (κ1) is 14.1. The first-order chi connectivity index (χ1) is 11.1. The minimum atomic E-state index is -0.506. The van der Waals surface area contributed by atoms with E-state index in [1.165, 1.54) is 18.5 Å². The lowest BCUT2D eigenvalue weighted by Gasteiger charge is -2.26. The molecule has 6 nitrogen and oxygen atoms in total. The molecule has 4 rings (SSSR count). The van der Waals surface area contributed by atoms with E-state index in [-0.39, 0.29) is 11.9 Å². The average Bonchev–Trinajstić information content (AvgIpc) is 3.11. The van der Waals surface area contributed by atoms with Gasteiger partial charge in [-0.3, -0.25) is 0 Å². The van der Waals surface area contributed by atoms with Gasteiger partial charge in [0.25, 0.3) is 5.71 Å². The summed E-state index contributed by atoms with van der Waals surface area (Å²) in [6, 6.07) is 6.28. The average molecular weight is 314 g/mol. The fraction of sp³-hybridized carbons (Fsp3) is 0.312. The molecule has 23 heavy (non-hydrogen) atoms. The van der Waals surface area contributed by atoms with Crippen LogP contribution in [0.1, 0.15) is 23.7 Å². The van der Waals surface area contributed by atoms with Gasteiger partial charge in [-0.15, -0.1) is 0 Å². The summed E-state index contributed by atoms with van der Waals surface area (Å²) in [6.45, 7) is 2.24. The van der Waals surface area contributed by atoms with Crippen molar-refractivity contribution in [2.45, 2.75) is 25.5 Å². The normalized spacial score (nSPS) is 21.3. The van der Waals surface area contributed by atoms with Gasteiger partial charge >= 0.3 is 0 Å². The maximum absolute atomic E-state index is 13.6. The predicted octanol–water partition coefficient (Wildman–Crippen LogP) is 2.38. The Labute approximate surface area is 131 Å². The second-order valence-electron chi connectivity index (χ2n) is 5.76. The number of rotatable bonds is 2. The summed E-state index contributed by atoms with van der Waals surface area (Å²) in [6.07, 6.45) is 1.42. The van der Waals surface area contributed by atoms with E-state index in [4.69, 9.17) is 4.52 Å². The van der Waals surface area contributed by atoms with E-state index in [0.29, 0.717) is 30.2 Å². The molecule has 1 aliphatic heterocycles. The fourth-order valence-electron chi connectivity index (χ4n) is 3.20. The van der Waals surface area contributed by atoms with Crippen LogP contribution in [0, 0.1) is 12.7 Å². The van der Waals surface area contributed by atoms with Crippen LogP contribution in [0.4, 0.5) is 10.2 Å². The molecular weight excluding hydrogens is 299 g/mol. The highest BCUT2D eigenvalue weighted by Gasteiger charge is 2.35. The smallest absolute Gasteiger partial charge is 0.263 e. The van der Waals surface area contributed by atoms with E-state index in [2.05, 4.69) is 15.1 Å². The Morgan fingerprint density at radius 2 is 2.22 bits per heavy atom. The summed E-state index contributed by atoms with van der Waals surface area (Å²) in [4.78, 5) is 10.4. The van der Waals surface area contributed by atoms with Crippen LogP contribution in [0.15, 0.2) is 35.1 Å². The summed E-state index contributed by atoms with van der Waals surface area (Å²) < 4.78 is 18.8. The molecule has 118 valence electrons. The SMILES string of the molecule is Cc1noc2ncnc(N3C[C@@H](O)C[C@@H]3c3cccc(F)c3)c12. The molecule has 3 aromatic rings. The Hall–Kier alpha value is -2.54. The fourth-order valence-corrected chi connectivity index (χ4v) is 3.20. The summed E-state index contributed by atoms with van der Waals surface area (Å²) in [5.41, 5.74) is 1.91. The van der Waals surface area contributed by atoms with Crippen molar-refractivity contribution in [3.05, 3.63) is 47.7 Å². The summed E-state index contributed by atoms with van der Waals surface area (Å²) in [5, 5.41) is 14.8. The highest BCUT2D eigenvalue weighted by molar-refractivity contribution is 5.88. The van der Waals surface area contributed by atoms with Crippen molar-refractivity contribution in [2.24, 2.45) is 0 Å². The topological polar surface area (TPSA) is 75.3 Å². The zero-order valence-corrected chi connectivity index (χ0v) is 12.5. The van der Waals surface area contributed by atoms with Crippen LogP contribution in [-0.4, -0.2) is 32.9 Å². The second-order valence-corrected chi connectivity index (χ2v) is 5.76. The summed E-state index contributed by atoms with van der Waals surface area (Å²) in [7, 11) is 0. The van der Waals surface area contributed by atoms with Crippen molar-refractivity contribution in [3.8, 4) is 0 Å². The van der Waals surface area contributed by atoms with E-state index in [9.17, 15) is 9.50 Å². The molecule has 0 amide bonds. The number of hydrogen-bond donors (Lipinski definition) is 1. The third-order valence-electron chi connectivity index (χ3n) is 4.21. The number of β-amino-alcohol motifs (C(OH)–C–C–N with tert-alkyl or cyclic N) is 1. The number of fused-ring (bicyclic) bond motifs is 1. The minimum absolute atomic E-state index is 0.159. The Morgan fingerprint density at radius 1 is 1.35 bits per heavy atom. The Balaban J connectivity index is 1.83. The van der Waals surface area contributed by atoms with Crippen molar-refractivity contribution < 1.29 is 14.0 Å². The highest BCUT2D eigenvalue weighted by atomic mass is 19.1. The predicted molar refractivity (Wildman–Crippen MR) is 81.4 cm³/mol. The number of aromatic nitrogens is 3. The Bertz CT molecular complexity index is 866. The quantitative estimate of drug-likeness (QED) is 0.783. The second kappa shape index (κ2) is 5.27. The molecule has 3 heterocycles. The van der Waals surface area contributed by atoms with E-state index in [0.717, 1.165) is 10.9 Å². The number of aliphatic hydroxyl groups excluding tert-OH is 1. The van der Waals surface area contributed by atoms with Crippen molar-refractivity contribution in [3.63, 3.8) is 0 Å². The third-order valence-corrected chi connectivity index (χ3v) is 4.21. The largest absolute Gasteiger partial charge is 0.391 e. The number of anilines is 1. The standard InChI is InChI=1S/C16H15FN4O2/c1-9-14-15(18-8-19-16(14)23-20-9)21-7-12(22)6-13(21)10-3-2-4-11(17)5-10/h2-5,8,12-13,22H,6-7H2,1H3/t12-,13+/m0/s1. The highest BCUT2D eigenvalue weighted by Crippen LogP contribution is 2.38. The van der Waals surface area contributed by atoms with Crippen LogP contribution in [0.3, 0.4) is 0 Å². The van der Waals surface area contributed by atoms with Crippen molar-refractivity contribution >= 4 is 16.9 Å². The molecule has 0 radical (unpaired) electrons. The minimum Gasteiger partial charge on any atom is -0.391 e. The number of aliphatic hydroxyl groups is 1. The van der Waals surface area contributed by atoms with Crippen LogP contribution in [0.2, 0.25) is 0 Å². The van der Waals surface area contributed by atoms with E-state index >= 15 is 0 Å². The van der Waals surface area contributed by atoms with Gasteiger partial charge in [0, 0.05) is 6.54 Å². The molecule has 0 spiro atoms. The molecule has 1 fully saturated rings. The first-order valence-corrected chi connectivity index (χ1v) is 7.40. The first-order valence-electron chi connectivity index (χ1n) is 7.40. The molecule has 1 saturated heterocycles. The molecule has 2 atom stereocenters. The maximum Gasteiger partial charge on any atom is 0.263 e. The number of halogens is 1. The van der Waals surface area contributed by atoms with Gasteiger partial charge in [-0.2, -0.15) is 4.98 Å². The van der Waals surface area contributed by atoms with Crippen LogP contribution in [-0.2, 0) is 0 Å². The third kappa shape index (κ3) is 2.33. The van der Waals surface area contributed by atoms with Crippen molar-refractivity contribution in [1.29, 1.82) is 0 Å². The maximum atomic E-state index is 13.6. The molecule has 0 bridgehead atoms. The molecule has 1 N–H and O–H groups in total. The van der Waals surface area contributed by atoms with Crippen LogP contribution >= 0.6 is 0 Å². The van der Waals surface area contributed by atoms with Gasteiger partial charge in [-0.1, -0.05) is 17.3 Å². The van der Waals surface area contributed by atoms with Gasteiger partial charge in [0.15, 0.2) is 0 Å². The van der Waals surface area contributed by atoms with Gasteiger partial charge in [0.1, 0.15) is 23.3 Å². The lowest BCUT2D eigenvalue weighted by Crippen LogP contribution is -2.25. The molecule has 7 heteroatoms. The lowest BCUT2D eigenvalue weighted by molar-refractivity contribution is 0.194.